The van der Waals surface area contributed by atoms with E-state index in [0.717, 1.165) is 53.6 Å². The van der Waals surface area contributed by atoms with Gasteiger partial charge in [-0.3, -0.25) is 4.79 Å². The first-order valence-corrected chi connectivity index (χ1v) is 15.1. The summed E-state index contributed by atoms with van der Waals surface area (Å²) in [4.78, 5) is 26.3. The molecule has 39 heavy (non-hydrogen) atoms. The lowest BCUT2D eigenvalue weighted by Gasteiger charge is -2.58. The Kier molecular flexibility index (Phi) is 5.81. The predicted octanol–water partition coefficient (Wildman–Crippen LogP) is 8.69. The zero-order valence-corrected chi connectivity index (χ0v) is 23.5. The van der Waals surface area contributed by atoms with E-state index >= 15 is 0 Å². The summed E-state index contributed by atoms with van der Waals surface area (Å²) >= 11 is 0. The Morgan fingerprint density at radius 3 is 2.23 bits per heavy atom. The standard InChI is InChI=1S/C36H40O3/c1-22(37)30-14-15-31-29-13-12-25-21-26(16-18-35(25,2)32(29)17-19-36(30,31)3)39-34(38)33-27-10-6-4-8-23(27)20-24-9-5-7-11-28(24)33/h4-12,20,26,29-32H,13-19,21H2,1-3H3. The molecule has 3 nitrogen and oxygen atoms in total. The highest BCUT2D eigenvalue weighted by Crippen LogP contribution is 2.66. The average molecular weight is 521 g/mol. The maximum Gasteiger partial charge on any atom is 0.339 e. The maximum absolute atomic E-state index is 13.8. The minimum atomic E-state index is -0.194. The number of benzene rings is 3. The number of ether oxygens (including phenoxy) is 1. The Morgan fingerprint density at radius 1 is 0.846 bits per heavy atom. The maximum atomic E-state index is 13.8. The van der Waals surface area contributed by atoms with E-state index in [1.807, 2.05) is 43.3 Å². The van der Waals surface area contributed by atoms with E-state index in [-0.39, 0.29) is 28.8 Å². The van der Waals surface area contributed by atoms with Crippen molar-refractivity contribution in [3.63, 3.8) is 0 Å². The third kappa shape index (κ3) is 3.75. The van der Waals surface area contributed by atoms with Crippen LogP contribution in [0.2, 0.25) is 0 Å². The Morgan fingerprint density at radius 2 is 1.54 bits per heavy atom. The van der Waals surface area contributed by atoms with Crippen molar-refractivity contribution >= 4 is 33.3 Å². The third-order valence-corrected chi connectivity index (χ3v) is 11.8. The fraction of sp³-hybridized carbons (Fsp3) is 0.500. The number of hydrogen-bond donors (Lipinski definition) is 0. The molecule has 0 N–H and O–H groups in total. The largest absolute Gasteiger partial charge is 0.458 e. The third-order valence-electron chi connectivity index (χ3n) is 11.8. The van der Waals surface area contributed by atoms with Gasteiger partial charge in [0.05, 0.1) is 5.56 Å². The summed E-state index contributed by atoms with van der Waals surface area (Å²) in [5, 5.41) is 4.08. The van der Waals surface area contributed by atoms with E-state index in [9.17, 15) is 9.59 Å². The zero-order chi connectivity index (χ0) is 26.9. The fourth-order valence-electron chi connectivity index (χ4n) is 9.84. The number of carbonyl (C=O) groups excluding carboxylic acids is 2. The number of allylic oxidation sites excluding steroid dienone is 1. The molecule has 0 bridgehead atoms. The molecule has 7 atom stereocenters. The van der Waals surface area contributed by atoms with Crippen LogP contribution in [0, 0.1) is 34.5 Å². The van der Waals surface area contributed by atoms with Crippen molar-refractivity contribution in [3.05, 3.63) is 71.8 Å². The van der Waals surface area contributed by atoms with Crippen molar-refractivity contribution in [2.24, 2.45) is 34.5 Å². The van der Waals surface area contributed by atoms with E-state index in [4.69, 9.17) is 4.74 Å². The second-order valence-electron chi connectivity index (χ2n) is 13.5. The normalized spacial score (nSPS) is 35.6. The number of Topliss-reactive ketones (excluding diaryl/α,β-unsaturated/α-hetero) is 1. The van der Waals surface area contributed by atoms with Crippen molar-refractivity contribution in [2.75, 3.05) is 0 Å². The van der Waals surface area contributed by atoms with Gasteiger partial charge in [0.1, 0.15) is 11.9 Å². The fourth-order valence-corrected chi connectivity index (χ4v) is 9.84. The van der Waals surface area contributed by atoms with Crippen LogP contribution in [0.25, 0.3) is 21.5 Å². The van der Waals surface area contributed by atoms with Crippen LogP contribution < -0.4 is 0 Å². The summed E-state index contributed by atoms with van der Waals surface area (Å²) in [5.41, 5.74) is 2.58. The molecular formula is C36H40O3. The molecule has 0 saturated heterocycles. The van der Waals surface area contributed by atoms with E-state index in [1.165, 1.54) is 24.8 Å². The van der Waals surface area contributed by atoms with Crippen molar-refractivity contribution in [3.8, 4) is 0 Å². The lowest BCUT2D eigenvalue weighted by Crippen LogP contribution is -2.51. The van der Waals surface area contributed by atoms with Gasteiger partial charge in [-0.25, -0.2) is 4.79 Å². The number of esters is 1. The SMILES string of the molecule is CC(=O)C1CCC2C3CC=C4CC(OC(=O)c5c6ccccc6cc6ccccc56)CCC4(C)C3CCC12C. The van der Waals surface area contributed by atoms with E-state index in [1.54, 1.807) is 0 Å². The van der Waals surface area contributed by atoms with Gasteiger partial charge in [0.25, 0.3) is 0 Å². The van der Waals surface area contributed by atoms with Gasteiger partial charge in [-0.1, -0.05) is 74.0 Å². The molecule has 0 radical (unpaired) electrons. The topological polar surface area (TPSA) is 43.4 Å². The first kappa shape index (κ1) is 25.1. The van der Waals surface area contributed by atoms with Crippen LogP contribution >= 0.6 is 0 Å². The van der Waals surface area contributed by atoms with Gasteiger partial charge < -0.3 is 4.74 Å². The summed E-state index contributed by atoms with van der Waals surface area (Å²) in [7, 11) is 0. The van der Waals surface area contributed by atoms with Crippen LogP contribution in [0.4, 0.5) is 0 Å². The molecule has 0 aliphatic heterocycles. The van der Waals surface area contributed by atoms with Gasteiger partial charge in [-0.05, 0) is 108 Å². The molecule has 4 aliphatic carbocycles. The molecule has 0 aromatic heterocycles. The van der Waals surface area contributed by atoms with E-state index < -0.39 is 0 Å². The highest BCUT2D eigenvalue weighted by atomic mass is 16.5. The monoisotopic (exact) mass is 520 g/mol. The quantitative estimate of drug-likeness (QED) is 0.197. The minimum absolute atomic E-state index is 0.0754. The molecule has 3 saturated carbocycles. The Bertz CT molecular complexity index is 1460. The van der Waals surface area contributed by atoms with Gasteiger partial charge in [-0.15, -0.1) is 0 Å². The molecule has 3 aromatic carbocycles. The number of ketones is 1. The molecule has 4 aliphatic rings. The molecule has 3 aromatic rings. The van der Waals surface area contributed by atoms with Crippen LogP contribution in [-0.4, -0.2) is 17.9 Å². The minimum Gasteiger partial charge on any atom is -0.458 e. The van der Waals surface area contributed by atoms with Crippen molar-refractivity contribution in [2.45, 2.75) is 78.2 Å². The van der Waals surface area contributed by atoms with Crippen LogP contribution in [0.5, 0.6) is 0 Å². The highest BCUT2D eigenvalue weighted by Gasteiger charge is 2.59. The smallest absolute Gasteiger partial charge is 0.339 e. The van der Waals surface area contributed by atoms with E-state index in [0.29, 0.717) is 29.1 Å². The Balaban J connectivity index is 1.14. The molecule has 202 valence electrons. The number of hydrogen-bond acceptors (Lipinski definition) is 3. The molecule has 0 amide bonds. The number of carbonyl (C=O) groups is 2. The molecule has 7 rings (SSSR count). The summed E-state index contributed by atoms with van der Waals surface area (Å²) in [6, 6.07) is 18.4. The van der Waals surface area contributed by atoms with Gasteiger partial charge in [0, 0.05) is 12.3 Å². The lowest BCUT2D eigenvalue weighted by atomic mass is 9.47. The first-order valence-electron chi connectivity index (χ1n) is 15.1. The van der Waals surface area contributed by atoms with Gasteiger partial charge in [0.15, 0.2) is 0 Å². The summed E-state index contributed by atoms with van der Waals surface area (Å²) < 4.78 is 6.33. The molecule has 0 spiro atoms. The molecular weight excluding hydrogens is 480 g/mol. The predicted molar refractivity (Wildman–Crippen MR) is 157 cm³/mol. The van der Waals surface area contributed by atoms with Crippen molar-refractivity contribution in [1.82, 2.24) is 0 Å². The van der Waals surface area contributed by atoms with Crippen molar-refractivity contribution in [1.29, 1.82) is 0 Å². The molecule has 3 heteroatoms. The summed E-state index contributed by atoms with van der Waals surface area (Å²) in [5.74, 6) is 2.48. The first-order chi connectivity index (χ1) is 18.8. The Labute approximate surface area is 232 Å². The lowest BCUT2D eigenvalue weighted by molar-refractivity contribution is -0.127. The summed E-state index contributed by atoms with van der Waals surface area (Å²) in [6.07, 6.45) is 11.1. The van der Waals surface area contributed by atoms with Gasteiger partial charge in [0.2, 0.25) is 0 Å². The van der Waals surface area contributed by atoms with Gasteiger partial charge in [-0.2, -0.15) is 0 Å². The molecule has 7 unspecified atom stereocenters. The zero-order valence-electron chi connectivity index (χ0n) is 23.5. The number of fused-ring (bicyclic) bond motifs is 7. The highest BCUT2D eigenvalue weighted by molar-refractivity contribution is 6.16. The molecule has 0 heterocycles. The molecule has 3 fully saturated rings. The second kappa shape index (κ2) is 9.04. The van der Waals surface area contributed by atoms with Gasteiger partial charge >= 0.3 is 5.97 Å². The average Bonchev–Trinajstić information content (AvgIpc) is 3.29. The Hall–Kier alpha value is -2.94. The second-order valence-corrected chi connectivity index (χ2v) is 13.5. The van der Waals surface area contributed by atoms with Crippen molar-refractivity contribution < 1.29 is 14.3 Å². The van der Waals surface area contributed by atoms with E-state index in [2.05, 4.69) is 38.1 Å². The summed E-state index contributed by atoms with van der Waals surface area (Å²) in [6.45, 7) is 6.72. The van der Waals surface area contributed by atoms with Crippen LogP contribution in [0.15, 0.2) is 66.2 Å². The number of rotatable bonds is 3. The van der Waals surface area contributed by atoms with Crippen LogP contribution in [-0.2, 0) is 9.53 Å². The van der Waals surface area contributed by atoms with Crippen LogP contribution in [0.1, 0.15) is 82.5 Å². The van der Waals surface area contributed by atoms with Crippen LogP contribution in [0.3, 0.4) is 0 Å².